The standard InChI is InChI=1S/C23H21N3O5/c1-3-31-23(29)20-18-17(19-16-7-5-4-6-13(16)12-24-26(19)20)21(27)25(22(18)28)14-8-10-15(30-2)11-9-14/h4-12,17-20H,3H2,1-2H3/t17-,18+,19+,20-/m1/s1. The number of carbonyl (C=O) groups is 3. The van der Waals surface area contributed by atoms with Gasteiger partial charge in [-0.2, -0.15) is 5.10 Å². The van der Waals surface area contributed by atoms with E-state index in [4.69, 9.17) is 9.47 Å². The van der Waals surface area contributed by atoms with Crippen LogP contribution in [0.25, 0.3) is 0 Å². The number of esters is 1. The van der Waals surface area contributed by atoms with Gasteiger partial charge in [-0.25, -0.2) is 9.69 Å². The van der Waals surface area contributed by atoms with Crippen LogP contribution in [0.2, 0.25) is 0 Å². The molecular weight excluding hydrogens is 398 g/mol. The quantitative estimate of drug-likeness (QED) is 0.557. The summed E-state index contributed by atoms with van der Waals surface area (Å²) in [4.78, 5) is 41.2. The lowest BCUT2D eigenvalue weighted by molar-refractivity contribution is -0.152. The monoisotopic (exact) mass is 419 g/mol. The van der Waals surface area contributed by atoms with Crippen molar-refractivity contribution in [3.05, 3.63) is 59.7 Å². The van der Waals surface area contributed by atoms with Gasteiger partial charge in [0.2, 0.25) is 11.8 Å². The molecule has 2 aromatic rings. The Bertz CT molecular complexity index is 1100. The summed E-state index contributed by atoms with van der Waals surface area (Å²) in [6, 6.07) is 12.8. The number of hydrogen-bond acceptors (Lipinski definition) is 7. The average molecular weight is 419 g/mol. The summed E-state index contributed by atoms with van der Waals surface area (Å²) >= 11 is 0. The maximum atomic E-state index is 13.6. The number of amides is 2. The van der Waals surface area contributed by atoms with Crippen LogP contribution < -0.4 is 9.64 Å². The minimum Gasteiger partial charge on any atom is -0.497 e. The summed E-state index contributed by atoms with van der Waals surface area (Å²) in [6.45, 7) is 1.89. The molecule has 0 spiro atoms. The molecule has 3 aliphatic rings. The molecule has 0 bridgehead atoms. The first-order valence-electron chi connectivity index (χ1n) is 10.2. The van der Waals surface area contributed by atoms with Gasteiger partial charge >= 0.3 is 5.97 Å². The van der Waals surface area contributed by atoms with E-state index < -0.39 is 35.8 Å². The Hall–Kier alpha value is -3.68. The van der Waals surface area contributed by atoms with Crippen LogP contribution in [0.5, 0.6) is 5.75 Å². The summed E-state index contributed by atoms with van der Waals surface area (Å²) < 4.78 is 10.4. The number of hydrogen-bond donors (Lipinski definition) is 0. The topological polar surface area (TPSA) is 88.5 Å². The third kappa shape index (κ3) is 2.74. The lowest BCUT2D eigenvalue weighted by Crippen LogP contribution is -2.45. The van der Waals surface area contributed by atoms with Gasteiger partial charge in [-0.3, -0.25) is 14.6 Å². The second-order valence-electron chi connectivity index (χ2n) is 7.66. The molecule has 8 nitrogen and oxygen atoms in total. The van der Waals surface area contributed by atoms with Gasteiger partial charge in [0.15, 0.2) is 6.04 Å². The molecule has 5 rings (SSSR count). The zero-order valence-electron chi connectivity index (χ0n) is 17.1. The molecule has 2 fully saturated rings. The van der Waals surface area contributed by atoms with E-state index in [0.29, 0.717) is 11.4 Å². The second-order valence-corrected chi connectivity index (χ2v) is 7.66. The molecule has 3 aliphatic heterocycles. The zero-order valence-corrected chi connectivity index (χ0v) is 17.1. The molecule has 0 radical (unpaired) electrons. The van der Waals surface area contributed by atoms with Crippen LogP contribution in [0.3, 0.4) is 0 Å². The van der Waals surface area contributed by atoms with Crippen molar-refractivity contribution in [2.75, 3.05) is 18.6 Å². The predicted molar refractivity (Wildman–Crippen MR) is 112 cm³/mol. The number of carbonyl (C=O) groups excluding carboxylic acids is 3. The third-order valence-electron chi connectivity index (χ3n) is 6.15. The Kier molecular flexibility index (Phi) is 4.50. The molecule has 2 amide bonds. The van der Waals surface area contributed by atoms with E-state index in [1.54, 1.807) is 49.5 Å². The first-order valence-corrected chi connectivity index (χ1v) is 10.2. The van der Waals surface area contributed by atoms with Crippen LogP contribution in [0.1, 0.15) is 24.1 Å². The summed E-state index contributed by atoms with van der Waals surface area (Å²) in [6.07, 6.45) is 1.66. The van der Waals surface area contributed by atoms with E-state index >= 15 is 0 Å². The van der Waals surface area contributed by atoms with Crippen molar-refractivity contribution >= 4 is 29.7 Å². The molecule has 0 aromatic heterocycles. The summed E-state index contributed by atoms with van der Waals surface area (Å²) in [5.74, 6) is -2.29. The smallest absolute Gasteiger partial charge is 0.331 e. The number of methoxy groups -OCH3 is 1. The van der Waals surface area contributed by atoms with Crippen molar-refractivity contribution in [1.82, 2.24) is 5.01 Å². The maximum Gasteiger partial charge on any atom is 0.331 e. The maximum absolute atomic E-state index is 13.6. The molecule has 0 saturated carbocycles. The highest BCUT2D eigenvalue weighted by Crippen LogP contribution is 2.52. The Labute approximate surface area is 179 Å². The number of rotatable bonds is 4. The molecule has 0 aliphatic carbocycles. The molecule has 0 unspecified atom stereocenters. The zero-order chi connectivity index (χ0) is 21.7. The summed E-state index contributed by atoms with van der Waals surface area (Å²) in [7, 11) is 1.55. The van der Waals surface area contributed by atoms with Gasteiger partial charge in [0.1, 0.15) is 5.75 Å². The fraction of sp³-hybridized carbons (Fsp3) is 0.304. The Morgan fingerprint density at radius 2 is 1.74 bits per heavy atom. The van der Waals surface area contributed by atoms with Crippen molar-refractivity contribution in [2.24, 2.45) is 16.9 Å². The van der Waals surface area contributed by atoms with Crippen molar-refractivity contribution in [3.63, 3.8) is 0 Å². The molecule has 8 heteroatoms. The Morgan fingerprint density at radius 1 is 1.03 bits per heavy atom. The predicted octanol–water partition coefficient (Wildman–Crippen LogP) is 2.14. The molecule has 2 saturated heterocycles. The number of nitrogens with zero attached hydrogens (tertiary/aromatic N) is 3. The summed E-state index contributed by atoms with van der Waals surface area (Å²) in [5, 5.41) is 6.04. The summed E-state index contributed by atoms with van der Waals surface area (Å²) in [5.41, 5.74) is 2.19. The molecule has 158 valence electrons. The van der Waals surface area contributed by atoms with Crippen LogP contribution >= 0.6 is 0 Å². The van der Waals surface area contributed by atoms with Crippen molar-refractivity contribution in [3.8, 4) is 5.75 Å². The van der Waals surface area contributed by atoms with Gasteiger partial charge in [0, 0.05) is 0 Å². The number of fused-ring (bicyclic) bond motifs is 5. The van der Waals surface area contributed by atoms with E-state index in [9.17, 15) is 14.4 Å². The molecule has 4 atom stereocenters. The van der Waals surface area contributed by atoms with Gasteiger partial charge < -0.3 is 9.47 Å². The van der Waals surface area contributed by atoms with Gasteiger partial charge in [0.25, 0.3) is 0 Å². The van der Waals surface area contributed by atoms with Crippen molar-refractivity contribution in [1.29, 1.82) is 0 Å². The third-order valence-corrected chi connectivity index (χ3v) is 6.15. The highest BCUT2D eigenvalue weighted by molar-refractivity contribution is 6.23. The van der Waals surface area contributed by atoms with Crippen LogP contribution in [-0.2, 0) is 19.1 Å². The second kappa shape index (κ2) is 7.23. The average Bonchev–Trinajstić information content (AvgIpc) is 3.27. The number of hydrazone groups is 1. The van der Waals surface area contributed by atoms with E-state index in [2.05, 4.69) is 5.10 Å². The highest BCUT2D eigenvalue weighted by Gasteiger charge is 2.66. The van der Waals surface area contributed by atoms with Crippen LogP contribution in [0.4, 0.5) is 5.69 Å². The van der Waals surface area contributed by atoms with Crippen molar-refractivity contribution in [2.45, 2.75) is 19.0 Å². The molecule has 0 N–H and O–H groups in total. The first kappa shape index (κ1) is 19.3. The lowest BCUT2D eigenvalue weighted by Gasteiger charge is -2.33. The van der Waals surface area contributed by atoms with Gasteiger partial charge in [-0.1, -0.05) is 24.3 Å². The SMILES string of the molecule is CCOC(=O)[C@H]1[C@H]2C(=O)N(c3ccc(OC)cc3)C(=O)[C@H]2[C@@H]2c3ccccc3C=NN12. The number of anilines is 1. The largest absolute Gasteiger partial charge is 0.497 e. The minimum atomic E-state index is -0.959. The number of imide groups is 1. The van der Waals surface area contributed by atoms with E-state index in [0.717, 1.165) is 11.1 Å². The fourth-order valence-electron chi connectivity index (χ4n) is 4.85. The van der Waals surface area contributed by atoms with Gasteiger partial charge in [0.05, 0.1) is 43.5 Å². The van der Waals surface area contributed by atoms with Crippen LogP contribution in [-0.4, -0.2) is 48.8 Å². The normalized spacial score (nSPS) is 25.9. The van der Waals surface area contributed by atoms with Gasteiger partial charge in [-0.05, 0) is 42.3 Å². The highest BCUT2D eigenvalue weighted by atomic mass is 16.5. The van der Waals surface area contributed by atoms with Gasteiger partial charge in [-0.15, -0.1) is 0 Å². The minimum absolute atomic E-state index is 0.176. The van der Waals surface area contributed by atoms with Crippen LogP contribution in [0.15, 0.2) is 53.6 Å². The van der Waals surface area contributed by atoms with E-state index in [1.807, 2.05) is 24.3 Å². The number of ether oxygens (including phenoxy) is 2. The number of benzene rings is 2. The molecule has 2 aromatic carbocycles. The molecule has 31 heavy (non-hydrogen) atoms. The Balaban J connectivity index is 1.61. The first-order chi connectivity index (χ1) is 15.1. The Morgan fingerprint density at radius 3 is 2.45 bits per heavy atom. The molecular formula is C23H21N3O5. The molecule has 3 heterocycles. The van der Waals surface area contributed by atoms with Crippen molar-refractivity contribution < 1.29 is 23.9 Å². The fourth-order valence-corrected chi connectivity index (χ4v) is 4.85. The lowest BCUT2D eigenvalue weighted by atomic mass is 9.85. The van der Waals surface area contributed by atoms with E-state index in [-0.39, 0.29) is 12.5 Å². The van der Waals surface area contributed by atoms with Crippen LogP contribution in [0, 0.1) is 11.8 Å². The van der Waals surface area contributed by atoms with E-state index in [1.165, 1.54) is 4.90 Å².